The van der Waals surface area contributed by atoms with Crippen molar-refractivity contribution in [2.75, 3.05) is 0 Å². The summed E-state index contributed by atoms with van der Waals surface area (Å²) in [5.41, 5.74) is 0. The van der Waals surface area contributed by atoms with Crippen molar-refractivity contribution >= 4 is 5.97 Å². The van der Waals surface area contributed by atoms with E-state index in [-0.39, 0.29) is 17.9 Å². The lowest BCUT2D eigenvalue weighted by atomic mass is 9.88. The number of esters is 1. The molecule has 1 aliphatic rings. The highest BCUT2D eigenvalue weighted by atomic mass is 16.5. The van der Waals surface area contributed by atoms with Crippen LogP contribution in [0.5, 0.6) is 0 Å². The zero-order valence-electron chi connectivity index (χ0n) is 14.8. The molecule has 22 heavy (non-hydrogen) atoms. The molecule has 0 N–H and O–H groups in total. The topological polar surface area (TPSA) is 50.1 Å². The molecule has 3 nitrogen and oxygen atoms in total. The number of nitriles is 1. The Morgan fingerprint density at radius 2 is 1.73 bits per heavy atom. The maximum atomic E-state index is 11.6. The molecule has 0 radical (unpaired) electrons. The molecule has 0 aromatic heterocycles. The van der Waals surface area contributed by atoms with Crippen LogP contribution >= 0.6 is 0 Å². The van der Waals surface area contributed by atoms with Gasteiger partial charge >= 0.3 is 5.97 Å². The number of ether oxygens (including phenoxy) is 1. The minimum Gasteiger partial charge on any atom is -0.453 e. The molecule has 0 aromatic rings. The van der Waals surface area contributed by atoms with Crippen molar-refractivity contribution < 1.29 is 9.53 Å². The Bertz CT molecular complexity index is 403. The Morgan fingerprint density at radius 1 is 1.14 bits per heavy atom. The van der Waals surface area contributed by atoms with Crippen LogP contribution in [0.25, 0.3) is 0 Å². The third-order valence-corrected chi connectivity index (χ3v) is 3.73. The predicted octanol–water partition coefficient (Wildman–Crippen LogP) is 4.71. The summed E-state index contributed by atoms with van der Waals surface area (Å²) in [4.78, 5) is 11.6. The van der Waals surface area contributed by atoms with Gasteiger partial charge in [-0.05, 0) is 44.4 Å². The second-order valence-corrected chi connectivity index (χ2v) is 6.15. The summed E-state index contributed by atoms with van der Waals surface area (Å²) < 4.78 is 5.34. The normalized spacial score (nSPS) is 21.5. The molecule has 0 bridgehead atoms. The molecule has 0 aliphatic heterocycles. The molecule has 0 spiro atoms. The van der Waals surface area contributed by atoms with Gasteiger partial charge in [0.1, 0.15) is 6.10 Å². The average molecular weight is 305 g/mol. The van der Waals surface area contributed by atoms with Gasteiger partial charge in [-0.25, -0.2) is 4.79 Å². The summed E-state index contributed by atoms with van der Waals surface area (Å²) in [6.07, 6.45) is 5.32. The van der Waals surface area contributed by atoms with Gasteiger partial charge in [-0.3, -0.25) is 0 Å². The third-order valence-electron chi connectivity index (χ3n) is 3.73. The number of carbonyl (C=O) groups excluding carboxylic acids is 1. The summed E-state index contributed by atoms with van der Waals surface area (Å²) in [6, 6.07) is 2.27. The fraction of sp³-hybridized carbons (Fsp3) is 0.789. The summed E-state index contributed by atoms with van der Waals surface area (Å²) in [5.74, 6) is 6.19. The predicted molar refractivity (Wildman–Crippen MR) is 89.8 cm³/mol. The molecule has 0 heterocycles. The largest absolute Gasteiger partial charge is 0.453 e. The van der Waals surface area contributed by atoms with Crippen molar-refractivity contribution in [1.29, 1.82) is 5.26 Å². The van der Waals surface area contributed by atoms with Crippen LogP contribution in [0.3, 0.4) is 0 Å². The van der Waals surface area contributed by atoms with Crippen molar-refractivity contribution in [1.82, 2.24) is 0 Å². The first-order valence-electron chi connectivity index (χ1n) is 8.63. The molecule has 0 saturated heterocycles. The summed E-state index contributed by atoms with van der Waals surface area (Å²) in [7, 11) is 0. The van der Waals surface area contributed by atoms with Gasteiger partial charge in [0.05, 0.1) is 6.07 Å². The Hall–Kier alpha value is -1.48. The molecule has 1 saturated carbocycles. The van der Waals surface area contributed by atoms with E-state index in [1.165, 1.54) is 0 Å². The van der Waals surface area contributed by atoms with Crippen LogP contribution in [0.1, 0.15) is 73.1 Å². The first kappa shape index (κ1) is 20.5. The minimum atomic E-state index is -0.415. The number of hydrogen-bond donors (Lipinski definition) is 0. The summed E-state index contributed by atoms with van der Waals surface area (Å²) in [6.45, 7) is 10.4. The fourth-order valence-electron chi connectivity index (χ4n) is 2.33. The van der Waals surface area contributed by atoms with Crippen LogP contribution in [0, 0.1) is 40.9 Å². The highest BCUT2D eigenvalue weighted by Crippen LogP contribution is 2.25. The lowest BCUT2D eigenvalue weighted by Gasteiger charge is -2.23. The highest BCUT2D eigenvalue weighted by molar-refractivity contribution is 5.88. The molecule has 0 aromatic carbocycles. The smallest absolute Gasteiger partial charge is 0.384 e. The third kappa shape index (κ3) is 9.46. The zero-order valence-corrected chi connectivity index (χ0v) is 14.8. The second kappa shape index (κ2) is 12.1. The van der Waals surface area contributed by atoms with E-state index in [4.69, 9.17) is 10.00 Å². The van der Waals surface area contributed by atoms with Crippen molar-refractivity contribution in [2.24, 2.45) is 17.8 Å². The van der Waals surface area contributed by atoms with Gasteiger partial charge < -0.3 is 4.74 Å². The molecule has 3 heteroatoms. The zero-order chi connectivity index (χ0) is 17.0. The van der Waals surface area contributed by atoms with E-state index in [9.17, 15) is 4.79 Å². The van der Waals surface area contributed by atoms with Gasteiger partial charge in [0.25, 0.3) is 0 Å². The quantitative estimate of drug-likeness (QED) is 0.429. The van der Waals surface area contributed by atoms with Crippen LogP contribution < -0.4 is 0 Å². The number of hydrogen-bond acceptors (Lipinski definition) is 3. The van der Waals surface area contributed by atoms with E-state index in [0.29, 0.717) is 5.92 Å². The number of rotatable bonds is 4. The van der Waals surface area contributed by atoms with E-state index in [0.717, 1.165) is 38.5 Å². The van der Waals surface area contributed by atoms with Gasteiger partial charge in [0.2, 0.25) is 0 Å². The minimum absolute atomic E-state index is 0.0487. The Morgan fingerprint density at radius 3 is 2.23 bits per heavy atom. The van der Waals surface area contributed by atoms with Gasteiger partial charge in [-0.2, -0.15) is 5.26 Å². The molecule has 1 unspecified atom stereocenters. The number of carbonyl (C=O) groups is 1. The molecule has 1 atom stereocenters. The van der Waals surface area contributed by atoms with E-state index in [1.807, 2.05) is 20.8 Å². The van der Waals surface area contributed by atoms with E-state index < -0.39 is 5.97 Å². The lowest BCUT2D eigenvalue weighted by Crippen LogP contribution is -2.23. The van der Waals surface area contributed by atoms with Gasteiger partial charge in [-0.1, -0.05) is 40.5 Å². The Kier molecular flexibility index (Phi) is 11.3. The maximum Gasteiger partial charge on any atom is 0.384 e. The molecular weight excluding hydrogens is 274 g/mol. The molecule has 1 fully saturated rings. The van der Waals surface area contributed by atoms with E-state index in [2.05, 4.69) is 31.8 Å². The van der Waals surface area contributed by atoms with Crippen LogP contribution in [-0.4, -0.2) is 12.1 Å². The summed E-state index contributed by atoms with van der Waals surface area (Å²) in [5, 5.41) is 8.81. The lowest BCUT2D eigenvalue weighted by molar-refractivity contribution is -0.143. The maximum absolute atomic E-state index is 11.6. The monoisotopic (exact) mass is 305 g/mol. The van der Waals surface area contributed by atoms with Crippen molar-refractivity contribution in [2.45, 2.75) is 79.2 Å². The summed E-state index contributed by atoms with van der Waals surface area (Å²) >= 11 is 0. The van der Waals surface area contributed by atoms with Crippen molar-refractivity contribution in [3.05, 3.63) is 0 Å². The van der Waals surface area contributed by atoms with E-state index >= 15 is 0 Å². The van der Waals surface area contributed by atoms with Gasteiger partial charge in [-0.15, -0.1) is 0 Å². The first-order valence-corrected chi connectivity index (χ1v) is 8.63. The van der Waals surface area contributed by atoms with Crippen LogP contribution in [0.4, 0.5) is 0 Å². The molecular formula is C19H31NO2. The van der Waals surface area contributed by atoms with Crippen LogP contribution in [-0.2, 0) is 9.53 Å². The second-order valence-electron chi connectivity index (χ2n) is 6.15. The van der Waals surface area contributed by atoms with Gasteiger partial charge in [0, 0.05) is 17.8 Å². The Labute approximate surface area is 136 Å². The average Bonchev–Trinajstić information content (AvgIpc) is 2.53. The standard InChI is InChI=1S/C17H25NO2.C2H6/c1-13(2)4-5-14(3)6-11-17(19)20-16-9-7-15(12-18)8-10-16;1-2/h13-16H,4-5,7-10H2,1-3H3;1-2H3. The van der Waals surface area contributed by atoms with Crippen molar-refractivity contribution in [3.8, 4) is 17.9 Å². The Balaban J connectivity index is 0.00000211. The molecule has 0 amide bonds. The highest BCUT2D eigenvalue weighted by Gasteiger charge is 2.23. The number of nitrogens with zero attached hydrogens (tertiary/aromatic N) is 1. The van der Waals surface area contributed by atoms with E-state index in [1.54, 1.807) is 0 Å². The van der Waals surface area contributed by atoms with Crippen LogP contribution in [0.2, 0.25) is 0 Å². The van der Waals surface area contributed by atoms with Gasteiger partial charge in [0.15, 0.2) is 0 Å². The molecule has 1 rings (SSSR count). The first-order chi connectivity index (χ1) is 10.5. The molecule has 1 aliphatic carbocycles. The fourth-order valence-corrected chi connectivity index (χ4v) is 2.33. The van der Waals surface area contributed by atoms with Crippen LogP contribution in [0.15, 0.2) is 0 Å². The SMILES string of the molecule is CC.CC(C)CCC(C)C#CC(=O)OC1CCC(C#N)CC1. The van der Waals surface area contributed by atoms with Crippen molar-refractivity contribution in [3.63, 3.8) is 0 Å². The molecule has 124 valence electrons.